The summed E-state index contributed by atoms with van der Waals surface area (Å²) in [5, 5.41) is 2.96. The Morgan fingerprint density at radius 2 is 1.83 bits per heavy atom. The molecule has 0 spiro atoms. The van der Waals surface area contributed by atoms with Crippen LogP contribution in [0, 0.1) is 0 Å². The van der Waals surface area contributed by atoms with Crippen LogP contribution in [0.5, 0.6) is 0 Å². The lowest BCUT2D eigenvalue weighted by atomic mass is 10.1. The quantitative estimate of drug-likeness (QED) is 0.809. The summed E-state index contributed by atoms with van der Waals surface area (Å²) in [6, 6.07) is 11.5. The zero-order valence-corrected chi connectivity index (χ0v) is 14.3. The van der Waals surface area contributed by atoms with E-state index in [0.717, 1.165) is 37.9 Å². The van der Waals surface area contributed by atoms with Crippen LogP contribution in [0.4, 0.5) is 17.3 Å². The molecule has 0 aliphatic carbocycles. The van der Waals surface area contributed by atoms with E-state index in [1.807, 2.05) is 30.3 Å². The maximum Gasteiger partial charge on any atom is 0.250 e. The first-order valence-electron chi connectivity index (χ1n) is 7.83. The third kappa shape index (κ3) is 4.01. The lowest BCUT2D eigenvalue weighted by Crippen LogP contribution is -2.40. The first kappa shape index (κ1) is 16.7. The zero-order chi connectivity index (χ0) is 17.2. The summed E-state index contributed by atoms with van der Waals surface area (Å²) in [6.07, 6.45) is 2.84. The third-order valence-electron chi connectivity index (χ3n) is 3.93. The second kappa shape index (κ2) is 6.74. The van der Waals surface area contributed by atoms with Crippen molar-refractivity contribution in [2.45, 2.75) is 24.0 Å². The molecule has 3 N–H and O–H groups in total. The van der Waals surface area contributed by atoms with E-state index >= 15 is 0 Å². The molecule has 128 valence electrons. The number of piperidine rings is 1. The molecule has 1 aromatic carbocycles. The van der Waals surface area contributed by atoms with Crippen LogP contribution in [-0.2, 0) is 9.84 Å². The van der Waals surface area contributed by atoms with Gasteiger partial charge >= 0.3 is 0 Å². The number of hydrogen-bond acceptors (Lipinski definition) is 7. The zero-order valence-electron chi connectivity index (χ0n) is 13.5. The summed E-state index contributed by atoms with van der Waals surface area (Å²) in [5.74, 6) is 1.07. The Hall–Kier alpha value is -2.19. The van der Waals surface area contributed by atoms with Gasteiger partial charge in [-0.05, 0) is 25.0 Å². The Morgan fingerprint density at radius 1 is 1.17 bits per heavy atom. The third-order valence-corrected chi connectivity index (χ3v) is 4.78. The van der Waals surface area contributed by atoms with E-state index in [2.05, 4.69) is 20.2 Å². The molecule has 2 heterocycles. The van der Waals surface area contributed by atoms with Crippen molar-refractivity contribution >= 4 is 27.2 Å². The molecular formula is C16H21N5O2S. The predicted molar refractivity (Wildman–Crippen MR) is 94.3 cm³/mol. The number of aromatic nitrogens is 2. The minimum atomic E-state index is -3.50. The number of nitrogens with one attached hydrogen (secondary N) is 1. The minimum Gasteiger partial charge on any atom is -0.356 e. The van der Waals surface area contributed by atoms with Crippen LogP contribution in [0.1, 0.15) is 12.8 Å². The molecule has 24 heavy (non-hydrogen) atoms. The normalized spacial score (nSPS) is 16.2. The highest BCUT2D eigenvalue weighted by atomic mass is 32.2. The number of sulfone groups is 1. The van der Waals surface area contributed by atoms with Gasteiger partial charge in [-0.25, -0.2) is 18.4 Å². The Bertz CT molecular complexity index is 802. The monoisotopic (exact) mass is 347 g/mol. The van der Waals surface area contributed by atoms with Crippen LogP contribution in [0.25, 0.3) is 0 Å². The van der Waals surface area contributed by atoms with Crippen molar-refractivity contribution in [1.82, 2.24) is 9.97 Å². The first-order chi connectivity index (χ1) is 11.4. The molecule has 1 aliphatic heterocycles. The fourth-order valence-corrected chi connectivity index (χ4v) is 3.13. The number of para-hydroxylation sites is 1. The first-order valence-corrected chi connectivity index (χ1v) is 9.73. The molecule has 0 saturated carbocycles. The van der Waals surface area contributed by atoms with E-state index in [1.165, 1.54) is 0 Å². The van der Waals surface area contributed by atoms with Gasteiger partial charge in [0.1, 0.15) is 11.6 Å². The van der Waals surface area contributed by atoms with Gasteiger partial charge in [-0.15, -0.1) is 0 Å². The van der Waals surface area contributed by atoms with Crippen LogP contribution in [0.2, 0.25) is 0 Å². The molecule has 1 saturated heterocycles. The summed E-state index contributed by atoms with van der Waals surface area (Å²) in [6.45, 7) is 1.51. The highest BCUT2D eigenvalue weighted by Gasteiger charge is 2.21. The van der Waals surface area contributed by atoms with E-state index in [1.54, 1.807) is 6.07 Å². The Labute approximate surface area is 141 Å². The molecule has 0 atom stereocenters. The Kier molecular flexibility index (Phi) is 4.68. The van der Waals surface area contributed by atoms with Crippen LogP contribution in [-0.4, -0.2) is 43.8 Å². The van der Waals surface area contributed by atoms with Gasteiger partial charge < -0.3 is 16.0 Å². The summed E-state index contributed by atoms with van der Waals surface area (Å²) in [4.78, 5) is 10.4. The SMILES string of the molecule is CS(=O)(=O)c1nc(Nc2ccccc2)cc(N2CCC(N)CC2)n1. The molecule has 8 heteroatoms. The molecule has 7 nitrogen and oxygen atoms in total. The number of hydrogen-bond donors (Lipinski definition) is 2. The number of benzene rings is 1. The number of nitrogens with two attached hydrogens (primary N) is 1. The molecule has 0 amide bonds. The molecule has 0 unspecified atom stereocenters. The van der Waals surface area contributed by atoms with E-state index in [9.17, 15) is 8.42 Å². The summed E-state index contributed by atoms with van der Waals surface area (Å²) < 4.78 is 23.9. The van der Waals surface area contributed by atoms with E-state index in [0.29, 0.717) is 11.6 Å². The Balaban J connectivity index is 1.95. The van der Waals surface area contributed by atoms with Gasteiger partial charge in [-0.2, -0.15) is 0 Å². The maximum absolute atomic E-state index is 11.9. The van der Waals surface area contributed by atoms with Crippen LogP contribution in [0.15, 0.2) is 41.6 Å². The van der Waals surface area contributed by atoms with Gasteiger partial charge in [0, 0.05) is 37.1 Å². The summed E-state index contributed by atoms with van der Waals surface area (Å²) in [5.41, 5.74) is 6.77. The van der Waals surface area contributed by atoms with Crippen molar-refractivity contribution in [1.29, 1.82) is 0 Å². The lowest BCUT2D eigenvalue weighted by Gasteiger charge is -2.31. The Morgan fingerprint density at radius 3 is 2.46 bits per heavy atom. The molecule has 2 aromatic rings. The molecule has 0 radical (unpaired) electrons. The smallest absolute Gasteiger partial charge is 0.250 e. The fourth-order valence-electron chi connectivity index (χ4n) is 2.60. The van der Waals surface area contributed by atoms with Crippen molar-refractivity contribution in [3.05, 3.63) is 36.4 Å². The molecule has 3 rings (SSSR count). The van der Waals surface area contributed by atoms with Gasteiger partial charge in [0.15, 0.2) is 0 Å². The summed E-state index contributed by atoms with van der Waals surface area (Å²) >= 11 is 0. The van der Waals surface area contributed by atoms with Gasteiger partial charge in [0.05, 0.1) is 0 Å². The molecular weight excluding hydrogens is 326 g/mol. The number of rotatable bonds is 4. The molecule has 1 aromatic heterocycles. The molecule has 1 fully saturated rings. The number of nitrogens with zero attached hydrogens (tertiary/aromatic N) is 3. The van der Waals surface area contributed by atoms with Gasteiger partial charge in [-0.1, -0.05) is 18.2 Å². The van der Waals surface area contributed by atoms with E-state index in [4.69, 9.17) is 5.73 Å². The average molecular weight is 347 g/mol. The van der Waals surface area contributed by atoms with Gasteiger partial charge in [-0.3, -0.25) is 0 Å². The van der Waals surface area contributed by atoms with Gasteiger partial charge in [0.25, 0.3) is 5.16 Å². The fraction of sp³-hybridized carbons (Fsp3) is 0.375. The van der Waals surface area contributed by atoms with E-state index in [-0.39, 0.29) is 11.2 Å². The van der Waals surface area contributed by atoms with Gasteiger partial charge in [0.2, 0.25) is 9.84 Å². The van der Waals surface area contributed by atoms with Crippen molar-refractivity contribution in [3.8, 4) is 0 Å². The minimum absolute atomic E-state index is 0.173. The van der Waals surface area contributed by atoms with Crippen LogP contribution >= 0.6 is 0 Å². The van der Waals surface area contributed by atoms with Crippen molar-refractivity contribution in [3.63, 3.8) is 0 Å². The lowest BCUT2D eigenvalue weighted by molar-refractivity contribution is 0.497. The standard InChI is InChI=1S/C16H21N5O2S/c1-24(22,23)16-19-14(18-13-5-3-2-4-6-13)11-15(20-16)21-9-7-12(17)8-10-21/h2-6,11-12H,7-10,17H2,1H3,(H,18,19,20). The van der Waals surface area contributed by atoms with Crippen LogP contribution in [0.3, 0.4) is 0 Å². The highest BCUT2D eigenvalue weighted by Crippen LogP contribution is 2.23. The average Bonchev–Trinajstić information content (AvgIpc) is 2.55. The number of anilines is 3. The summed E-state index contributed by atoms with van der Waals surface area (Å²) in [7, 11) is -3.50. The predicted octanol–water partition coefficient (Wildman–Crippen LogP) is 1.55. The highest BCUT2D eigenvalue weighted by molar-refractivity contribution is 7.90. The topological polar surface area (TPSA) is 101 Å². The van der Waals surface area contributed by atoms with Crippen molar-refractivity contribution in [2.24, 2.45) is 5.73 Å². The molecule has 1 aliphatic rings. The second-order valence-electron chi connectivity index (χ2n) is 5.98. The second-order valence-corrected chi connectivity index (χ2v) is 7.89. The molecule has 0 bridgehead atoms. The van der Waals surface area contributed by atoms with Crippen LogP contribution < -0.4 is 16.0 Å². The largest absolute Gasteiger partial charge is 0.356 e. The van der Waals surface area contributed by atoms with E-state index < -0.39 is 9.84 Å². The van der Waals surface area contributed by atoms with Crippen molar-refractivity contribution < 1.29 is 8.42 Å². The maximum atomic E-state index is 11.9. The van der Waals surface area contributed by atoms with Crippen molar-refractivity contribution in [2.75, 3.05) is 29.6 Å².